The van der Waals surface area contributed by atoms with Gasteiger partial charge in [-0.05, 0) is 18.6 Å². The van der Waals surface area contributed by atoms with Gasteiger partial charge in [-0.3, -0.25) is 4.79 Å². The topological polar surface area (TPSA) is 82.6 Å². The van der Waals surface area contributed by atoms with Crippen LogP contribution in [0.5, 0.6) is 5.75 Å². The molecule has 8 heteroatoms. The molecular weight excluding hydrogens is 372 g/mol. The molecule has 8 nitrogen and oxygen atoms in total. The van der Waals surface area contributed by atoms with E-state index in [4.69, 9.17) is 13.9 Å². The maximum Gasteiger partial charge on any atom is 0.257 e. The maximum atomic E-state index is 13.0. The molecule has 150 valence electrons. The van der Waals surface area contributed by atoms with Crippen LogP contribution >= 0.6 is 0 Å². The van der Waals surface area contributed by atoms with Crippen molar-refractivity contribution >= 4 is 5.91 Å². The molecule has 29 heavy (non-hydrogen) atoms. The lowest BCUT2D eigenvalue weighted by atomic mass is 10.1. The summed E-state index contributed by atoms with van der Waals surface area (Å²) in [6, 6.07) is 7.57. The van der Waals surface area contributed by atoms with Crippen LogP contribution < -0.4 is 4.74 Å². The SMILES string of the molecule is COc1ccccc1-n1cc(C(=O)N2CCc3oc(C4CCOC4)nc3C2)cn1. The molecule has 1 amide bonds. The van der Waals surface area contributed by atoms with Crippen LogP contribution in [-0.2, 0) is 17.7 Å². The number of ether oxygens (including phenoxy) is 2. The highest BCUT2D eigenvalue weighted by atomic mass is 16.5. The molecule has 2 aromatic heterocycles. The van der Waals surface area contributed by atoms with E-state index in [1.165, 1.54) is 0 Å². The van der Waals surface area contributed by atoms with Crippen molar-refractivity contribution < 1.29 is 18.7 Å². The van der Waals surface area contributed by atoms with Crippen molar-refractivity contribution in [1.29, 1.82) is 0 Å². The van der Waals surface area contributed by atoms with E-state index in [1.54, 1.807) is 29.1 Å². The zero-order valence-corrected chi connectivity index (χ0v) is 16.2. The first-order chi connectivity index (χ1) is 14.2. The molecule has 0 spiro atoms. The molecule has 1 aromatic carbocycles. The van der Waals surface area contributed by atoms with Crippen LogP contribution in [-0.4, -0.2) is 52.4 Å². The van der Waals surface area contributed by atoms with Crippen LogP contribution in [0.2, 0.25) is 0 Å². The van der Waals surface area contributed by atoms with Crippen molar-refractivity contribution in [3.63, 3.8) is 0 Å². The Hall–Kier alpha value is -3.13. The second-order valence-electron chi connectivity index (χ2n) is 7.30. The summed E-state index contributed by atoms with van der Waals surface area (Å²) in [6.45, 7) is 2.45. The molecular formula is C21H22N4O4. The van der Waals surface area contributed by atoms with Crippen LogP contribution in [0.3, 0.4) is 0 Å². The number of aromatic nitrogens is 3. The van der Waals surface area contributed by atoms with Gasteiger partial charge in [0, 0.05) is 25.8 Å². The number of methoxy groups -OCH3 is 1. The summed E-state index contributed by atoms with van der Waals surface area (Å²) in [7, 11) is 1.61. The summed E-state index contributed by atoms with van der Waals surface area (Å²) >= 11 is 0. The first kappa shape index (κ1) is 17.9. The molecule has 0 aliphatic carbocycles. The third kappa shape index (κ3) is 3.29. The van der Waals surface area contributed by atoms with Gasteiger partial charge in [0.15, 0.2) is 5.89 Å². The number of rotatable bonds is 4. The number of nitrogens with zero attached hydrogens (tertiary/aromatic N) is 4. The summed E-state index contributed by atoms with van der Waals surface area (Å²) in [5, 5.41) is 4.35. The fraction of sp³-hybridized carbons (Fsp3) is 0.381. The second kappa shape index (κ2) is 7.36. The lowest BCUT2D eigenvalue weighted by Crippen LogP contribution is -2.35. The van der Waals surface area contributed by atoms with E-state index in [1.807, 2.05) is 24.3 Å². The molecule has 1 saturated heterocycles. The molecule has 1 fully saturated rings. The van der Waals surface area contributed by atoms with Gasteiger partial charge in [0.1, 0.15) is 22.9 Å². The van der Waals surface area contributed by atoms with E-state index >= 15 is 0 Å². The highest BCUT2D eigenvalue weighted by Crippen LogP contribution is 2.29. The molecule has 0 saturated carbocycles. The first-order valence-corrected chi connectivity index (χ1v) is 9.76. The van der Waals surface area contributed by atoms with E-state index in [0.29, 0.717) is 37.4 Å². The highest BCUT2D eigenvalue weighted by Gasteiger charge is 2.30. The smallest absolute Gasteiger partial charge is 0.257 e. The number of carbonyl (C=O) groups excluding carboxylic acids is 1. The Balaban J connectivity index is 1.34. The van der Waals surface area contributed by atoms with Crippen molar-refractivity contribution in [2.45, 2.75) is 25.3 Å². The number of amides is 1. The summed E-state index contributed by atoms with van der Waals surface area (Å²) in [6.07, 6.45) is 4.93. The Morgan fingerprint density at radius 1 is 1.31 bits per heavy atom. The fourth-order valence-electron chi connectivity index (χ4n) is 3.86. The minimum absolute atomic E-state index is 0.0643. The first-order valence-electron chi connectivity index (χ1n) is 9.76. The predicted molar refractivity (Wildman–Crippen MR) is 103 cm³/mol. The Morgan fingerprint density at radius 2 is 2.21 bits per heavy atom. The highest BCUT2D eigenvalue weighted by molar-refractivity contribution is 5.94. The Kier molecular flexibility index (Phi) is 4.55. The van der Waals surface area contributed by atoms with E-state index < -0.39 is 0 Å². The van der Waals surface area contributed by atoms with Gasteiger partial charge >= 0.3 is 0 Å². The molecule has 2 aliphatic heterocycles. The van der Waals surface area contributed by atoms with Gasteiger partial charge in [-0.2, -0.15) is 5.10 Å². The zero-order chi connectivity index (χ0) is 19.8. The van der Waals surface area contributed by atoms with Crippen LogP contribution in [0.4, 0.5) is 0 Å². The standard InChI is InChI=1S/C21H22N4O4/c1-27-19-5-3-2-4-17(19)25-11-15(10-22-25)21(26)24-8-6-18-16(12-24)23-20(29-18)14-7-9-28-13-14/h2-5,10-11,14H,6-9,12-13H2,1H3. The molecule has 4 heterocycles. The Morgan fingerprint density at radius 3 is 3.03 bits per heavy atom. The zero-order valence-electron chi connectivity index (χ0n) is 16.2. The van der Waals surface area contributed by atoms with Crippen molar-refractivity contribution in [2.24, 2.45) is 0 Å². The number of para-hydroxylation sites is 2. The number of hydrogen-bond donors (Lipinski definition) is 0. The summed E-state index contributed by atoms with van der Waals surface area (Å²) in [5.74, 6) is 2.49. The number of hydrogen-bond acceptors (Lipinski definition) is 6. The van der Waals surface area contributed by atoms with Gasteiger partial charge in [-0.25, -0.2) is 9.67 Å². The van der Waals surface area contributed by atoms with Gasteiger partial charge in [0.05, 0.1) is 37.9 Å². The van der Waals surface area contributed by atoms with E-state index in [2.05, 4.69) is 10.1 Å². The largest absolute Gasteiger partial charge is 0.494 e. The van der Waals surface area contributed by atoms with Crippen molar-refractivity contribution in [1.82, 2.24) is 19.7 Å². The van der Waals surface area contributed by atoms with Crippen LogP contribution in [0.25, 0.3) is 5.69 Å². The number of oxazole rings is 1. The number of fused-ring (bicyclic) bond motifs is 1. The molecule has 3 aromatic rings. The Bertz CT molecular complexity index is 1030. The summed E-state index contributed by atoms with van der Waals surface area (Å²) in [4.78, 5) is 19.5. The monoisotopic (exact) mass is 394 g/mol. The van der Waals surface area contributed by atoms with Gasteiger partial charge in [0.25, 0.3) is 5.91 Å². The quantitative estimate of drug-likeness (QED) is 0.676. The van der Waals surface area contributed by atoms with Crippen molar-refractivity contribution in [3.05, 3.63) is 59.6 Å². The predicted octanol–water partition coefficient (Wildman–Crippen LogP) is 2.57. The fourth-order valence-corrected chi connectivity index (χ4v) is 3.86. The normalized spacial score (nSPS) is 18.7. The van der Waals surface area contributed by atoms with Gasteiger partial charge in [-0.15, -0.1) is 0 Å². The molecule has 1 unspecified atom stereocenters. The summed E-state index contributed by atoms with van der Waals surface area (Å²) < 4.78 is 18.4. The van der Waals surface area contributed by atoms with Gasteiger partial charge in [-0.1, -0.05) is 12.1 Å². The van der Waals surface area contributed by atoms with E-state index in [-0.39, 0.29) is 11.8 Å². The molecule has 0 N–H and O–H groups in total. The summed E-state index contributed by atoms with van der Waals surface area (Å²) in [5.41, 5.74) is 2.17. The molecule has 5 rings (SSSR count). The van der Waals surface area contributed by atoms with Crippen molar-refractivity contribution in [2.75, 3.05) is 26.9 Å². The average Bonchev–Trinajstić information content (AvgIpc) is 3.52. The third-order valence-corrected chi connectivity index (χ3v) is 5.47. The maximum absolute atomic E-state index is 13.0. The number of carbonyl (C=O) groups is 1. The van der Waals surface area contributed by atoms with Crippen LogP contribution in [0.15, 0.2) is 41.1 Å². The molecule has 1 atom stereocenters. The average molecular weight is 394 g/mol. The second-order valence-corrected chi connectivity index (χ2v) is 7.30. The number of benzene rings is 1. The third-order valence-electron chi connectivity index (χ3n) is 5.47. The van der Waals surface area contributed by atoms with Gasteiger partial charge < -0.3 is 18.8 Å². The lowest BCUT2D eigenvalue weighted by Gasteiger charge is -2.24. The van der Waals surface area contributed by atoms with Crippen LogP contribution in [0.1, 0.15) is 40.0 Å². The van der Waals surface area contributed by atoms with E-state index in [9.17, 15) is 4.79 Å². The minimum Gasteiger partial charge on any atom is -0.494 e. The van der Waals surface area contributed by atoms with E-state index in [0.717, 1.165) is 36.1 Å². The van der Waals surface area contributed by atoms with Gasteiger partial charge in [0.2, 0.25) is 0 Å². The molecule has 0 radical (unpaired) electrons. The van der Waals surface area contributed by atoms with Crippen LogP contribution in [0, 0.1) is 0 Å². The Labute approximate surface area is 168 Å². The van der Waals surface area contributed by atoms with Crippen molar-refractivity contribution in [3.8, 4) is 11.4 Å². The lowest BCUT2D eigenvalue weighted by molar-refractivity contribution is 0.0728. The molecule has 2 aliphatic rings. The molecule has 0 bridgehead atoms. The minimum atomic E-state index is -0.0643.